The van der Waals surface area contributed by atoms with Gasteiger partial charge in [0.15, 0.2) is 0 Å². The van der Waals surface area contributed by atoms with Crippen molar-refractivity contribution in [2.24, 2.45) is 0 Å². The first kappa shape index (κ1) is 20.1. The summed E-state index contributed by atoms with van der Waals surface area (Å²) in [7, 11) is 0. The molecule has 2 aliphatic rings. The van der Waals surface area contributed by atoms with Crippen LogP contribution >= 0.6 is 11.6 Å². The molecule has 1 saturated heterocycles. The quantitative estimate of drug-likeness (QED) is 0.576. The molecule has 1 aliphatic heterocycles. The average molecular weight is 433 g/mol. The van der Waals surface area contributed by atoms with Crippen molar-refractivity contribution in [3.8, 4) is 11.1 Å². The molecule has 0 bridgehead atoms. The van der Waals surface area contributed by atoms with E-state index in [-0.39, 0.29) is 5.54 Å². The lowest BCUT2D eigenvalue weighted by Crippen LogP contribution is -2.50. The Kier molecular flexibility index (Phi) is 5.20. The Morgan fingerprint density at radius 3 is 2.10 bits per heavy atom. The highest BCUT2D eigenvalue weighted by Gasteiger charge is 2.50. The number of piperazine rings is 1. The third-order valence-electron chi connectivity index (χ3n) is 6.67. The van der Waals surface area contributed by atoms with Gasteiger partial charge in [0.1, 0.15) is 0 Å². The molecule has 4 nitrogen and oxygen atoms in total. The zero-order chi connectivity index (χ0) is 21.4. The average Bonchev–Trinajstić information content (AvgIpc) is 3.62. The molecule has 1 heterocycles. The van der Waals surface area contributed by atoms with Gasteiger partial charge in [-0.3, -0.25) is 4.90 Å². The van der Waals surface area contributed by atoms with Crippen molar-refractivity contribution in [3.63, 3.8) is 0 Å². The summed E-state index contributed by atoms with van der Waals surface area (Å²) in [5, 5.41) is 9.88. The molecular formula is C26H25ClN2O2. The number of carbonyl (C=O) groups is 1. The molecule has 158 valence electrons. The topological polar surface area (TPSA) is 43.8 Å². The smallest absolute Gasteiger partial charge is 0.335 e. The highest BCUT2D eigenvalue weighted by atomic mass is 35.5. The molecule has 3 aromatic rings. The van der Waals surface area contributed by atoms with Crippen LogP contribution in [0.4, 0.5) is 5.69 Å². The Labute approximate surface area is 187 Å². The number of hydrogen-bond acceptors (Lipinski definition) is 3. The molecule has 3 aromatic carbocycles. The first-order valence-corrected chi connectivity index (χ1v) is 11.1. The molecule has 0 amide bonds. The standard InChI is InChI=1S/C26H25ClN2O2/c27-21-9-5-19(6-10-21)23-3-1-2-4-24(23)26(13-14-26)29-17-15-28(16-18-29)22-11-7-20(8-12-22)25(30)31/h1-12H,13-18H2,(H,30,31). The van der Waals surface area contributed by atoms with Crippen molar-refractivity contribution in [3.05, 3.63) is 88.9 Å². The number of aromatic carboxylic acids is 1. The molecule has 5 heteroatoms. The van der Waals surface area contributed by atoms with Gasteiger partial charge in [-0.05, 0) is 65.9 Å². The fourth-order valence-electron chi connectivity index (χ4n) is 4.85. The van der Waals surface area contributed by atoms with E-state index in [1.165, 1.54) is 29.5 Å². The van der Waals surface area contributed by atoms with Gasteiger partial charge in [-0.25, -0.2) is 4.79 Å². The van der Waals surface area contributed by atoms with Gasteiger partial charge in [-0.2, -0.15) is 0 Å². The Morgan fingerprint density at radius 1 is 0.839 bits per heavy atom. The summed E-state index contributed by atoms with van der Waals surface area (Å²) in [6.45, 7) is 3.87. The van der Waals surface area contributed by atoms with Crippen LogP contribution in [-0.4, -0.2) is 42.2 Å². The van der Waals surface area contributed by atoms with E-state index >= 15 is 0 Å². The molecule has 0 spiro atoms. The van der Waals surface area contributed by atoms with Gasteiger partial charge in [0, 0.05) is 42.4 Å². The maximum absolute atomic E-state index is 11.1. The Hall–Kier alpha value is -2.82. The van der Waals surface area contributed by atoms with E-state index in [9.17, 15) is 4.79 Å². The third kappa shape index (κ3) is 3.82. The van der Waals surface area contributed by atoms with Crippen molar-refractivity contribution < 1.29 is 9.90 Å². The van der Waals surface area contributed by atoms with Crippen LogP contribution in [0.5, 0.6) is 0 Å². The maximum Gasteiger partial charge on any atom is 0.335 e. The van der Waals surface area contributed by atoms with Gasteiger partial charge < -0.3 is 10.0 Å². The first-order valence-electron chi connectivity index (χ1n) is 10.8. The summed E-state index contributed by atoms with van der Waals surface area (Å²) in [5.74, 6) is -0.883. The highest BCUT2D eigenvalue weighted by molar-refractivity contribution is 6.30. The number of benzene rings is 3. The molecule has 0 atom stereocenters. The predicted molar refractivity (Wildman–Crippen MR) is 125 cm³/mol. The lowest BCUT2D eigenvalue weighted by atomic mass is 9.92. The fourth-order valence-corrected chi connectivity index (χ4v) is 4.98. The van der Waals surface area contributed by atoms with Gasteiger partial charge in [0.2, 0.25) is 0 Å². The van der Waals surface area contributed by atoms with Crippen molar-refractivity contribution in [2.45, 2.75) is 18.4 Å². The van der Waals surface area contributed by atoms with Crippen LogP contribution in [0.3, 0.4) is 0 Å². The number of rotatable bonds is 5. The monoisotopic (exact) mass is 432 g/mol. The van der Waals surface area contributed by atoms with Crippen LogP contribution in [-0.2, 0) is 5.54 Å². The van der Waals surface area contributed by atoms with Gasteiger partial charge in [0.25, 0.3) is 0 Å². The van der Waals surface area contributed by atoms with Crippen molar-refractivity contribution in [2.75, 3.05) is 31.1 Å². The van der Waals surface area contributed by atoms with E-state index in [4.69, 9.17) is 16.7 Å². The summed E-state index contributed by atoms with van der Waals surface area (Å²) in [4.78, 5) is 16.1. The summed E-state index contributed by atoms with van der Waals surface area (Å²) >= 11 is 6.11. The summed E-state index contributed by atoms with van der Waals surface area (Å²) in [5.41, 5.74) is 5.47. The molecule has 5 rings (SSSR count). The normalized spacial score (nSPS) is 18.0. The summed E-state index contributed by atoms with van der Waals surface area (Å²) in [6.07, 6.45) is 2.37. The number of carboxylic acids is 1. The first-order chi connectivity index (χ1) is 15.1. The minimum absolute atomic E-state index is 0.121. The number of carboxylic acid groups (broad SMARTS) is 1. The van der Waals surface area contributed by atoms with Crippen LogP contribution < -0.4 is 4.90 Å². The lowest BCUT2D eigenvalue weighted by molar-refractivity contribution is 0.0697. The van der Waals surface area contributed by atoms with Gasteiger partial charge in [0.05, 0.1) is 5.56 Å². The van der Waals surface area contributed by atoms with E-state index in [1.54, 1.807) is 12.1 Å². The molecule has 1 N–H and O–H groups in total. The summed E-state index contributed by atoms with van der Waals surface area (Å²) in [6, 6.07) is 24.1. The van der Waals surface area contributed by atoms with E-state index in [2.05, 4.69) is 46.2 Å². The summed E-state index contributed by atoms with van der Waals surface area (Å²) < 4.78 is 0. The Morgan fingerprint density at radius 2 is 1.48 bits per heavy atom. The van der Waals surface area contributed by atoms with Gasteiger partial charge >= 0.3 is 5.97 Å². The second-order valence-electron chi connectivity index (χ2n) is 8.41. The van der Waals surface area contributed by atoms with Crippen LogP contribution in [0.25, 0.3) is 11.1 Å². The second-order valence-corrected chi connectivity index (χ2v) is 8.85. The molecule has 0 radical (unpaired) electrons. The number of anilines is 1. The fraction of sp³-hybridized carbons (Fsp3) is 0.269. The largest absolute Gasteiger partial charge is 0.478 e. The van der Waals surface area contributed by atoms with E-state index in [1.807, 2.05) is 24.3 Å². The molecule has 1 saturated carbocycles. The number of nitrogens with zero attached hydrogens (tertiary/aromatic N) is 2. The van der Waals surface area contributed by atoms with Crippen LogP contribution in [0.1, 0.15) is 28.8 Å². The van der Waals surface area contributed by atoms with Crippen molar-refractivity contribution >= 4 is 23.3 Å². The minimum Gasteiger partial charge on any atom is -0.478 e. The van der Waals surface area contributed by atoms with Crippen molar-refractivity contribution in [1.29, 1.82) is 0 Å². The predicted octanol–water partition coefficient (Wildman–Crippen LogP) is 5.52. The zero-order valence-corrected chi connectivity index (χ0v) is 18.1. The molecular weight excluding hydrogens is 408 g/mol. The Balaban J connectivity index is 1.34. The van der Waals surface area contributed by atoms with Crippen molar-refractivity contribution in [1.82, 2.24) is 4.90 Å². The zero-order valence-electron chi connectivity index (χ0n) is 17.3. The van der Waals surface area contributed by atoms with Crippen LogP contribution in [0.2, 0.25) is 5.02 Å². The molecule has 31 heavy (non-hydrogen) atoms. The Bertz CT molecular complexity index is 1080. The van der Waals surface area contributed by atoms with Crippen LogP contribution in [0, 0.1) is 0 Å². The van der Waals surface area contributed by atoms with Gasteiger partial charge in [-0.1, -0.05) is 48.0 Å². The third-order valence-corrected chi connectivity index (χ3v) is 6.92. The highest BCUT2D eigenvalue weighted by Crippen LogP contribution is 2.54. The molecule has 1 aliphatic carbocycles. The van der Waals surface area contributed by atoms with Gasteiger partial charge in [-0.15, -0.1) is 0 Å². The van der Waals surface area contributed by atoms with E-state index in [0.717, 1.165) is 36.9 Å². The lowest BCUT2D eigenvalue weighted by Gasteiger charge is -2.41. The van der Waals surface area contributed by atoms with E-state index in [0.29, 0.717) is 5.56 Å². The second kappa shape index (κ2) is 8.03. The molecule has 0 aromatic heterocycles. The molecule has 2 fully saturated rings. The molecule has 0 unspecified atom stereocenters. The van der Waals surface area contributed by atoms with E-state index < -0.39 is 5.97 Å². The number of halogens is 1. The number of hydrogen-bond donors (Lipinski definition) is 1. The SMILES string of the molecule is O=C(O)c1ccc(N2CCN(C3(c4ccccc4-c4ccc(Cl)cc4)CC3)CC2)cc1. The van der Waals surface area contributed by atoms with Crippen LogP contribution in [0.15, 0.2) is 72.8 Å². The minimum atomic E-state index is -0.883. The maximum atomic E-state index is 11.1.